The maximum atomic E-state index is 10.2. The van der Waals surface area contributed by atoms with Crippen molar-refractivity contribution >= 4 is 15.9 Å². The smallest absolute Gasteiger partial charge is 0.0914 e. The van der Waals surface area contributed by atoms with Crippen LogP contribution in [0.4, 0.5) is 0 Å². The first-order valence-corrected chi connectivity index (χ1v) is 7.65. The molecule has 1 fully saturated rings. The van der Waals surface area contributed by atoms with E-state index in [1.807, 2.05) is 24.3 Å². The van der Waals surface area contributed by atoms with Gasteiger partial charge in [-0.2, -0.15) is 0 Å². The van der Waals surface area contributed by atoms with Crippen molar-refractivity contribution in [2.75, 3.05) is 6.54 Å². The highest BCUT2D eigenvalue weighted by Gasteiger charge is 2.24. The van der Waals surface area contributed by atoms with Gasteiger partial charge < -0.3 is 10.4 Å². The van der Waals surface area contributed by atoms with Gasteiger partial charge in [0.2, 0.25) is 0 Å². The number of benzene rings is 1. The Morgan fingerprint density at radius 3 is 2.83 bits per heavy atom. The molecule has 1 saturated carbocycles. The molecule has 1 aromatic carbocycles. The molecule has 2 unspecified atom stereocenters. The number of hydrogen-bond acceptors (Lipinski definition) is 2. The highest BCUT2D eigenvalue weighted by molar-refractivity contribution is 9.10. The number of hydrogen-bond donors (Lipinski definition) is 2. The summed E-state index contributed by atoms with van der Waals surface area (Å²) >= 11 is 3.43. The first-order chi connectivity index (χ1) is 8.69. The second-order valence-electron chi connectivity index (χ2n) is 5.26. The average molecular weight is 312 g/mol. The molecule has 2 atom stereocenters. The Balaban J connectivity index is 1.80. The van der Waals surface area contributed by atoms with E-state index in [0.717, 1.165) is 22.4 Å². The van der Waals surface area contributed by atoms with Gasteiger partial charge in [-0.1, -0.05) is 47.8 Å². The summed E-state index contributed by atoms with van der Waals surface area (Å²) in [6.45, 7) is 2.85. The predicted octanol–water partition coefficient (Wildman–Crippen LogP) is 3.65. The quantitative estimate of drug-likeness (QED) is 0.805. The molecule has 2 nitrogen and oxygen atoms in total. The van der Waals surface area contributed by atoms with Crippen LogP contribution in [0.15, 0.2) is 28.7 Å². The topological polar surface area (TPSA) is 32.3 Å². The molecule has 0 spiro atoms. The average Bonchev–Trinajstić information content (AvgIpc) is 3.18. The molecule has 0 saturated heterocycles. The summed E-state index contributed by atoms with van der Waals surface area (Å²) in [5.41, 5.74) is 0.971. The first kappa shape index (κ1) is 14.0. The lowest BCUT2D eigenvalue weighted by Crippen LogP contribution is -2.32. The van der Waals surface area contributed by atoms with Crippen LogP contribution in [0, 0.1) is 5.92 Å². The molecule has 2 N–H and O–H groups in total. The van der Waals surface area contributed by atoms with Gasteiger partial charge in [-0.05, 0) is 36.5 Å². The van der Waals surface area contributed by atoms with Crippen LogP contribution in [0.5, 0.6) is 0 Å². The Hall–Kier alpha value is -0.380. The van der Waals surface area contributed by atoms with E-state index in [1.165, 1.54) is 19.3 Å². The van der Waals surface area contributed by atoms with Crippen molar-refractivity contribution in [1.29, 1.82) is 0 Å². The Kier molecular flexibility index (Phi) is 5.22. The number of rotatable bonds is 7. The summed E-state index contributed by atoms with van der Waals surface area (Å²) in [6.07, 6.45) is 4.78. The normalized spacial score (nSPS) is 18.6. The highest BCUT2D eigenvalue weighted by Crippen LogP contribution is 2.34. The standard InChI is InChI=1S/C15H22BrNO/c1-2-14(8-11-6-7-11)17-10-15(18)12-4-3-5-13(16)9-12/h3-5,9,11,14-15,17-18H,2,6-8,10H2,1H3. The highest BCUT2D eigenvalue weighted by atomic mass is 79.9. The van der Waals surface area contributed by atoms with E-state index in [2.05, 4.69) is 28.2 Å². The van der Waals surface area contributed by atoms with Crippen molar-refractivity contribution in [2.45, 2.75) is 44.8 Å². The van der Waals surface area contributed by atoms with Crippen molar-refractivity contribution in [1.82, 2.24) is 5.32 Å². The van der Waals surface area contributed by atoms with Crippen molar-refractivity contribution in [3.63, 3.8) is 0 Å². The summed E-state index contributed by atoms with van der Waals surface area (Å²) in [5.74, 6) is 0.936. The van der Waals surface area contributed by atoms with Crippen LogP contribution in [-0.2, 0) is 0 Å². The zero-order chi connectivity index (χ0) is 13.0. The van der Waals surface area contributed by atoms with Crippen LogP contribution >= 0.6 is 15.9 Å². The third-order valence-corrected chi connectivity index (χ3v) is 4.13. The Labute approximate surface area is 118 Å². The molecule has 2 rings (SSSR count). The van der Waals surface area contributed by atoms with Crippen molar-refractivity contribution < 1.29 is 5.11 Å². The second-order valence-corrected chi connectivity index (χ2v) is 6.18. The van der Waals surface area contributed by atoms with Crippen molar-refractivity contribution in [3.8, 4) is 0 Å². The molecule has 0 radical (unpaired) electrons. The van der Waals surface area contributed by atoms with E-state index in [9.17, 15) is 5.11 Å². The van der Waals surface area contributed by atoms with E-state index in [4.69, 9.17) is 0 Å². The monoisotopic (exact) mass is 311 g/mol. The van der Waals surface area contributed by atoms with Crippen molar-refractivity contribution in [2.24, 2.45) is 5.92 Å². The fourth-order valence-corrected chi connectivity index (χ4v) is 2.68. The third kappa shape index (κ3) is 4.38. The van der Waals surface area contributed by atoms with Crippen LogP contribution < -0.4 is 5.32 Å². The van der Waals surface area contributed by atoms with Crippen LogP contribution in [0.1, 0.15) is 44.3 Å². The van der Waals surface area contributed by atoms with E-state index in [-0.39, 0.29) is 0 Å². The Morgan fingerprint density at radius 2 is 2.22 bits per heavy atom. The summed E-state index contributed by atoms with van der Waals surface area (Å²) in [4.78, 5) is 0. The zero-order valence-corrected chi connectivity index (χ0v) is 12.5. The molecule has 1 aromatic rings. The SMILES string of the molecule is CCC(CC1CC1)NCC(O)c1cccc(Br)c1. The molecule has 3 heteroatoms. The van der Waals surface area contributed by atoms with Gasteiger partial charge in [-0.25, -0.2) is 0 Å². The first-order valence-electron chi connectivity index (χ1n) is 6.86. The van der Waals surface area contributed by atoms with Crippen LogP contribution in [-0.4, -0.2) is 17.7 Å². The molecule has 1 aliphatic carbocycles. The van der Waals surface area contributed by atoms with Crippen LogP contribution in [0.2, 0.25) is 0 Å². The molecule has 0 bridgehead atoms. The summed E-state index contributed by atoms with van der Waals surface area (Å²) < 4.78 is 1.02. The van der Waals surface area contributed by atoms with Gasteiger partial charge in [0.15, 0.2) is 0 Å². The Bertz CT molecular complexity index is 379. The molecule has 1 aliphatic rings. The fourth-order valence-electron chi connectivity index (χ4n) is 2.26. The molecule has 0 amide bonds. The minimum Gasteiger partial charge on any atom is -0.387 e. The van der Waals surface area contributed by atoms with E-state index < -0.39 is 6.10 Å². The van der Waals surface area contributed by atoms with Gasteiger partial charge in [-0.3, -0.25) is 0 Å². The molecule has 0 heterocycles. The summed E-state index contributed by atoms with van der Waals surface area (Å²) in [5, 5.41) is 13.6. The number of halogens is 1. The van der Waals surface area contributed by atoms with Crippen LogP contribution in [0.25, 0.3) is 0 Å². The van der Waals surface area contributed by atoms with E-state index in [1.54, 1.807) is 0 Å². The molecule has 0 aromatic heterocycles. The lowest BCUT2D eigenvalue weighted by atomic mass is 10.1. The molecular formula is C15H22BrNO. The second kappa shape index (κ2) is 6.69. The van der Waals surface area contributed by atoms with Gasteiger partial charge in [-0.15, -0.1) is 0 Å². The third-order valence-electron chi connectivity index (χ3n) is 3.64. The van der Waals surface area contributed by atoms with Gasteiger partial charge in [0.1, 0.15) is 0 Å². The lowest BCUT2D eigenvalue weighted by molar-refractivity contribution is 0.168. The van der Waals surface area contributed by atoms with Gasteiger partial charge in [0, 0.05) is 17.1 Å². The summed E-state index contributed by atoms with van der Waals surface area (Å²) in [7, 11) is 0. The maximum Gasteiger partial charge on any atom is 0.0914 e. The Morgan fingerprint density at radius 1 is 1.44 bits per heavy atom. The predicted molar refractivity (Wildman–Crippen MR) is 78.5 cm³/mol. The molecular weight excluding hydrogens is 290 g/mol. The minimum absolute atomic E-state index is 0.421. The van der Waals surface area contributed by atoms with E-state index >= 15 is 0 Å². The number of aliphatic hydroxyl groups is 1. The zero-order valence-electron chi connectivity index (χ0n) is 10.9. The summed E-state index contributed by atoms with van der Waals surface area (Å²) in [6, 6.07) is 8.45. The minimum atomic E-state index is -0.421. The van der Waals surface area contributed by atoms with Gasteiger partial charge >= 0.3 is 0 Å². The molecule has 0 aliphatic heterocycles. The lowest BCUT2D eigenvalue weighted by Gasteiger charge is -2.19. The van der Waals surface area contributed by atoms with Gasteiger partial charge in [0.05, 0.1) is 6.10 Å². The largest absolute Gasteiger partial charge is 0.387 e. The van der Waals surface area contributed by atoms with E-state index in [0.29, 0.717) is 12.6 Å². The number of aliphatic hydroxyl groups excluding tert-OH is 1. The molecule has 100 valence electrons. The van der Waals surface area contributed by atoms with Gasteiger partial charge in [0.25, 0.3) is 0 Å². The molecule has 18 heavy (non-hydrogen) atoms. The maximum absolute atomic E-state index is 10.2. The number of nitrogens with one attached hydrogen (secondary N) is 1. The van der Waals surface area contributed by atoms with Crippen molar-refractivity contribution in [3.05, 3.63) is 34.3 Å². The fraction of sp³-hybridized carbons (Fsp3) is 0.600. The van der Waals surface area contributed by atoms with Crippen LogP contribution in [0.3, 0.4) is 0 Å².